The summed E-state index contributed by atoms with van der Waals surface area (Å²) in [6.45, 7) is 7.29. The largest absolute Gasteiger partial charge is 0.465 e. The van der Waals surface area contributed by atoms with Gasteiger partial charge in [-0.1, -0.05) is 6.92 Å². The Hall–Kier alpha value is -0.690. The van der Waals surface area contributed by atoms with Crippen molar-refractivity contribution in [2.24, 2.45) is 0 Å². The zero-order valence-electron chi connectivity index (χ0n) is 13.1. The number of likely N-dealkylation sites (tertiary alicyclic amines) is 1. The molecule has 118 valence electrons. The van der Waals surface area contributed by atoms with E-state index in [-0.39, 0.29) is 24.2 Å². The number of rotatable bonds is 9. The second-order valence-electron chi connectivity index (χ2n) is 5.03. The number of ether oxygens (including phenoxy) is 3. The lowest BCUT2D eigenvalue weighted by Crippen LogP contribution is -2.47. The first-order valence-corrected chi connectivity index (χ1v) is 7.34. The maximum atomic E-state index is 12.0. The first kappa shape index (κ1) is 17.4. The Morgan fingerprint density at radius 1 is 1.25 bits per heavy atom. The smallest absolute Gasteiger partial charge is 0.324 e. The molecule has 6 nitrogen and oxygen atoms in total. The monoisotopic (exact) mass is 288 g/mol. The highest BCUT2D eigenvalue weighted by Gasteiger charge is 2.35. The van der Waals surface area contributed by atoms with E-state index in [9.17, 15) is 4.79 Å². The molecule has 0 aromatic carbocycles. The van der Waals surface area contributed by atoms with Gasteiger partial charge in [0, 0.05) is 33.9 Å². The summed E-state index contributed by atoms with van der Waals surface area (Å²) in [7, 11) is 3.39. The Kier molecular flexibility index (Phi) is 8.06. The van der Waals surface area contributed by atoms with Crippen molar-refractivity contribution in [3.8, 4) is 0 Å². The number of methoxy groups -OCH3 is 2. The number of hydrogen-bond donors (Lipinski definition) is 1. The Balaban J connectivity index is 2.54. The molecule has 6 heteroatoms. The zero-order valence-corrected chi connectivity index (χ0v) is 13.1. The molecule has 0 spiro atoms. The summed E-state index contributed by atoms with van der Waals surface area (Å²) in [5.74, 6) is -0.184. The van der Waals surface area contributed by atoms with Gasteiger partial charge in [0.05, 0.1) is 18.8 Å². The number of esters is 1. The van der Waals surface area contributed by atoms with E-state index in [1.807, 2.05) is 6.92 Å². The van der Waals surface area contributed by atoms with Crippen LogP contribution in [0.2, 0.25) is 0 Å². The zero-order chi connectivity index (χ0) is 15.0. The highest BCUT2D eigenvalue weighted by molar-refractivity contribution is 5.76. The maximum Gasteiger partial charge on any atom is 0.324 e. The van der Waals surface area contributed by atoms with Gasteiger partial charge in [-0.15, -0.1) is 0 Å². The van der Waals surface area contributed by atoms with Crippen LogP contribution in [-0.4, -0.2) is 76.1 Å². The van der Waals surface area contributed by atoms with Crippen LogP contribution in [0.25, 0.3) is 0 Å². The van der Waals surface area contributed by atoms with Gasteiger partial charge in [-0.25, -0.2) is 0 Å². The minimum absolute atomic E-state index is 0.0639. The van der Waals surface area contributed by atoms with Crippen LogP contribution in [0.3, 0.4) is 0 Å². The van der Waals surface area contributed by atoms with E-state index in [0.717, 1.165) is 26.1 Å². The molecule has 0 amide bonds. The van der Waals surface area contributed by atoms with Crippen LogP contribution in [0.4, 0.5) is 0 Å². The summed E-state index contributed by atoms with van der Waals surface area (Å²) in [6, 6.07) is -0.289. The predicted octanol–water partition coefficient (Wildman–Crippen LogP) is 0.263. The van der Waals surface area contributed by atoms with Crippen LogP contribution in [0.15, 0.2) is 0 Å². The molecule has 1 rings (SSSR count). The molecule has 20 heavy (non-hydrogen) atoms. The van der Waals surface area contributed by atoms with E-state index < -0.39 is 0 Å². The first-order chi connectivity index (χ1) is 9.65. The summed E-state index contributed by atoms with van der Waals surface area (Å²) >= 11 is 0. The summed E-state index contributed by atoms with van der Waals surface area (Å²) in [5, 5.41) is 3.25. The molecule has 0 aromatic rings. The first-order valence-electron chi connectivity index (χ1n) is 7.34. The third kappa shape index (κ3) is 5.01. The average Bonchev–Trinajstić information content (AvgIpc) is 2.85. The van der Waals surface area contributed by atoms with Crippen molar-refractivity contribution >= 4 is 5.97 Å². The van der Waals surface area contributed by atoms with Crippen molar-refractivity contribution in [3.63, 3.8) is 0 Å². The Morgan fingerprint density at radius 2 is 1.85 bits per heavy atom. The number of carbonyl (C=O) groups is 1. The van der Waals surface area contributed by atoms with E-state index >= 15 is 0 Å². The van der Waals surface area contributed by atoms with Gasteiger partial charge >= 0.3 is 5.97 Å². The molecule has 3 atom stereocenters. The van der Waals surface area contributed by atoms with Crippen molar-refractivity contribution in [1.82, 2.24) is 10.2 Å². The molecule has 1 N–H and O–H groups in total. The molecular formula is C14H28N2O4. The van der Waals surface area contributed by atoms with E-state index in [1.165, 1.54) is 0 Å². The van der Waals surface area contributed by atoms with Gasteiger partial charge in [0.2, 0.25) is 0 Å². The van der Waals surface area contributed by atoms with Crippen LogP contribution in [0.5, 0.6) is 0 Å². The van der Waals surface area contributed by atoms with Crippen LogP contribution in [-0.2, 0) is 19.0 Å². The number of nitrogens with zero attached hydrogens (tertiary/aromatic N) is 1. The normalized spacial score (nSPS) is 24.8. The van der Waals surface area contributed by atoms with Gasteiger partial charge in [-0.2, -0.15) is 0 Å². The van der Waals surface area contributed by atoms with Crippen molar-refractivity contribution in [2.75, 3.05) is 47.0 Å². The second-order valence-corrected chi connectivity index (χ2v) is 5.03. The molecule has 0 aromatic heterocycles. The van der Waals surface area contributed by atoms with Gasteiger partial charge in [0.25, 0.3) is 0 Å². The lowest BCUT2D eigenvalue weighted by Gasteiger charge is -2.23. The summed E-state index contributed by atoms with van der Waals surface area (Å²) in [4.78, 5) is 14.2. The van der Waals surface area contributed by atoms with Crippen LogP contribution in [0, 0.1) is 0 Å². The molecule has 1 fully saturated rings. The predicted molar refractivity (Wildman–Crippen MR) is 76.7 cm³/mol. The lowest BCUT2D eigenvalue weighted by atomic mass is 10.2. The van der Waals surface area contributed by atoms with Gasteiger partial charge < -0.3 is 19.5 Å². The summed E-state index contributed by atoms with van der Waals surface area (Å²) in [6.07, 6.45) is 1.11. The van der Waals surface area contributed by atoms with Crippen LogP contribution < -0.4 is 5.32 Å². The third-order valence-corrected chi connectivity index (χ3v) is 3.55. The van der Waals surface area contributed by atoms with Gasteiger partial charge in [-0.05, 0) is 19.9 Å². The minimum atomic E-state index is -0.289. The molecule has 1 saturated heterocycles. The molecule has 1 aliphatic rings. The van der Waals surface area contributed by atoms with Gasteiger partial charge in [0.15, 0.2) is 0 Å². The lowest BCUT2D eigenvalue weighted by molar-refractivity contribution is -0.146. The maximum absolute atomic E-state index is 12.0. The molecule has 0 radical (unpaired) electrons. The fourth-order valence-corrected chi connectivity index (χ4v) is 2.46. The van der Waals surface area contributed by atoms with Crippen molar-refractivity contribution < 1.29 is 19.0 Å². The SMILES string of the molecule is CCCNC(CN1CC(OC)C(OC)C1)C(=O)OCC. The van der Waals surface area contributed by atoms with Crippen LogP contribution >= 0.6 is 0 Å². The topological polar surface area (TPSA) is 60.0 Å². The highest BCUT2D eigenvalue weighted by atomic mass is 16.5. The Labute approximate surface area is 121 Å². The third-order valence-electron chi connectivity index (χ3n) is 3.55. The number of nitrogens with one attached hydrogen (secondary N) is 1. The van der Waals surface area contributed by atoms with E-state index in [1.54, 1.807) is 14.2 Å². The molecule has 0 bridgehead atoms. The van der Waals surface area contributed by atoms with Crippen molar-refractivity contribution in [2.45, 2.75) is 38.5 Å². The molecular weight excluding hydrogens is 260 g/mol. The van der Waals surface area contributed by atoms with Crippen molar-refractivity contribution in [3.05, 3.63) is 0 Å². The Morgan fingerprint density at radius 3 is 2.30 bits per heavy atom. The van der Waals surface area contributed by atoms with E-state index in [0.29, 0.717) is 13.2 Å². The second kappa shape index (κ2) is 9.28. The van der Waals surface area contributed by atoms with Crippen LogP contribution in [0.1, 0.15) is 20.3 Å². The molecule has 0 saturated carbocycles. The molecule has 1 heterocycles. The van der Waals surface area contributed by atoms with Gasteiger partial charge in [-0.3, -0.25) is 9.69 Å². The quantitative estimate of drug-likeness (QED) is 0.614. The molecule has 1 aliphatic heterocycles. The highest BCUT2D eigenvalue weighted by Crippen LogP contribution is 2.16. The minimum Gasteiger partial charge on any atom is -0.465 e. The van der Waals surface area contributed by atoms with E-state index in [4.69, 9.17) is 14.2 Å². The Bertz CT molecular complexity index is 276. The molecule has 0 aliphatic carbocycles. The standard InChI is InChI=1S/C14H28N2O4/c1-5-7-15-11(14(17)20-6-2)8-16-9-12(18-3)13(10-16)19-4/h11-13,15H,5-10H2,1-4H3. The fraction of sp³-hybridized carbons (Fsp3) is 0.929. The number of hydrogen-bond acceptors (Lipinski definition) is 6. The van der Waals surface area contributed by atoms with E-state index in [2.05, 4.69) is 17.1 Å². The molecule has 3 unspecified atom stereocenters. The average molecular weight is 288 g/mol. The number of carbonyl (C=O) groups excluding carboxylic acids is 1. The van der Waals surface area contributed by atoms with Gasteiger partial charge in [0.1, 0.15) is 6.04 Å². The summed E-state index contributed by atoms with van der Waals surface area (Å²) < 4.78 is 16.0. The fourth-order valence-electron chi connectivity index (χ4n) is 2.46. The van der Waals surface area contributed by atoms with Crippen molar-refractivity contribution in [1.29, 1.82) is 0 Å². The summed E-state index contributed by atoms with van der Waals surface area (Å²) in [5.41, 5.74) is 0.